The Bertz CT molecular complexity index is 1260. The predicted octanol–water partition coefficient (Wildman–Crippen LogP) is 2.13. The summed E-state index contributed by atoms with van der Waals surface area (Å²) in [5.74, 6) is 0.539. The first-order valence-corrected chi connectivity index (χ1v) is 11.8. The number of aldehydes is 1. The fourth-order valence-corrected chi connectivity index (χ4v) is 3.64. The number of nitrogens with one attached hydrogen (secondary N) is 1. The minimum absolute atomic E-state index is 0.0159. The molecule has 4 rings (SSSR count). The Morgan fingerprint density at radius 3 is 2.38 bits per heavy atom. The fraction of sp³-hybridized carbons (Fsp3) is 0.545. The van der Waals surface area contributed by atoms with Crippen LogP contribution in [0.25, 0.3) is 10.9 Å². The second kappa shape index (κ2) is 13.4. The van der Waals surface area contributed by atoms with Crippen LogP contribution in [0.2, 0.25) is 0 Å². The SMILES string of the molecule is CC(COCCC=O)n1nc(C(F)(F)F)c2c(=O)[nH]ncc21.CN1CCN(c2ncc(OC(F)F)cn2)CC1. The van der Waals surface area contributed by atoms with E-state index in [1.165, 1.54) is 12.4 Å². The molecule has 214 valence electrons. The lowest BCUT2D eigenvalue weighted by Crippen LogP contribution is -2.45. The highest BCUT2D eigenvalue weighted by Gasteiger charge is 2.38. The smallest absolute Gasteiger partial charge is 0.432 e. The second-order valence-electron chi connectivity index (χ2n) is 8.52. The van der Waals surface area contributed by atoms with Gasteiger partial charge in [-0.15, -0.1) is 0 Å². The van der Waals surface area contributed by atoms with E-state index < -0.39 is 35.5 Å². The van der Waals surface area contributed by atoms with Crippen LogP contribution in [0.4, 0.5) is 27.9 Å². The highest BCUT2D eigenvalue weighted by molar-refractivity contribution is 5.80. The molecule has 0 saturated carbocycles. The van der Waals surface area contributed by atoms with Crippen molar-refractivity contribution in [1.29, 1.82) is 0 Å². The molecule has 0 aliphatic carbocycles. The van der Waals surface area contributed by atoms with Gasteiger partial charge in [-0.3, -0.25) is 9.48 Å². The first kappa shape index (κ1) is 29.8. The first-order chi connectivity index (χ1) is 18.5. The molecule has 1 atom stereocenters. The van der Waals surface area contributed by atoms with Crippen molar-refractivity contribution >= 4 is 23.1 Å². The fourth-order valence-electron chi connectivity index (χ4n) is 3.64. The summed E-state index contributed by atoms with van der Waals surface area (Å²) in [6.45, 7) is 2.53. The maximum absolute atomic E-state index is 13.0. The predicted molar refractivity (Wildman–Crippen MR) is 128 cm³/mol. The number of alkyl halides is 5. The summed E-state index contributed by atoms with van der Waals surface area (Å²) < 4.78 is 73.3. The molecule has 1 aliphatic heterocycles. The van der Waals surface area contributed by atoms with E-state index in [0.29, 0.717) is 12.2 Å². The van der Waals surface area contributed by atoms with Crippen LogP contribution in [-0.4, -0.2) is 94.2 Å². The zero-order valence-electron chi connectivity index (χ0n) is 21.1. The number of ether oxygens (including phenoxy) is 2. The molecule has 0 amide bonds. The average molecular weight is 562 g/mol. The molecule has 1 saturated heterocycles. The van der Waals surface area contributed by atoms with Crippen LogP contribution < -0.4 is 15.2 Å². The number of rotatable bonds is 9. The molecular formula is C22H27F5N8O4. The number of halogens is 5. The van der Waals surface area contributed by atoms with Crippen molar-refractivity contribution in [2.45, 2.75) is 32.2 Å². The summed E-state index contributed by atoms with van der Waals surface area (Å²) in [7, 11) is 2.05. The van der Waals surface area contributed by atoms with E-state index in [1.807, 2.05) is 10.00 Å². The molecule has 1 fully saturated rings. The minimum atomic E-state index is -4.75. The van der Waals surface area contributed by atoms with E-state index in [9.17, 15) is 31.5 Å². The van der Waals surface area contributed by atoms with Crippen molar-refractivity contribution in [3.63, 3.8) is 0 Å². The summed E-state index contributed by atoms with van der Waals surface area (Å²) in [5, 5.41) is 8.43. The molecular weight excluding hydrogens is 535 g/mol. The molecule has 1 N–H and O–H groups in total. The van der Waals surface area contributed by atoms with Gasteiger partial charge in [0.1, 0.15) is 11.7 Å². The molecule has 3 aromatic rings. The van der Waals surface area contributed by atoms with Gasteiger partial charge in [-0.1, -0.05) is 0 Å². The lowest BCUT2D eigenvalue weighted by Gasteiger charge is -2.32. The van der Waals surface area contributed by atoms with Gasteiger partial charge in [0.25, 0.3) is 5.56 Å². The van der Waals surface area contributed by atoms with Gasteiger partial charge < -0.3 is 24.1 Å². The van der Waals surface area contributed by atoms with Crippen molar-refractivity contribution in [1.82, 2.24) is 34.8 Å². The van der Waals surface area contributed by atoms with Gasteiger partial charge >= 0.3 is 12.8 Å². The number of hydrogen-bond donors (Lipinski definition) is 1. The Kier molecular flexibility index (Phi) is 10.2. The van der Waals surface area contributed by atoms with Gasteiger partial charge in [0, 0.05) is 32.6 Å². The van der Waals surface area contributed by atoms with Crippen molar-refractivity contribution < 1.29 is 36.2 Å². The van der Waals surface area contributed by atoms with Crippen molar-refractivity contribution in [3.8, 4) is 5.75 Å². The number of hydrogen-bond acceptors (Lipinski definition) is 10. The highest BCUT2D eigenvalue weighted by atomic mass is 19.4. The number of fused-ring (bicyclic) bond motifs is 1. The van der Waals surface area contributed by atoms with E-state index in [-0.39, 0.29) is 30.9 Å². The molecule has 0 bridgehead atoms. The van der Waals surface area contributed by atoms with Crippen LogP contribution in [0, 0.1) is 0 Å². The highest BCUT2D eigenvalue weighted by Crippen LogP contribution is 2.33. The number of H-pyrrole nitrogens is 1. The van der Waals surface area contributed by atoms with E-state index in [1.54, 1.807) is 6.92 Å². The second-order valence-corrected chi connectivity index (χ2v) is 8.52. The molecule has 17 heteroatoms. The zero-order valence-corrected chi connectivity index (χ0v) is 21.1. The summed E-state index contributed by atoms with van der Waals surface area (Å²) >= 11 is 0. The molecule has 12 nitrogen and oxygen atoms in total. The van der Waals surface area contributed by atoms with Crippen LogP contribution in [-0.2, 0) is 15.7 Å². The van der Waals surface area contributed by atoms with Gasteiger partial charge in [0.15, 0.2) is 11.4 Å². The van der Waals surface area contributed by atoms with E-state index in [2.05, 4.69) is 36.8 Å². The number of aromatic amines is 1. The van der Waals surface area contributed by atoms with E-state index >= 15 is 0 Å². The Morgan fingerprint density at radius 2 is 1.79 bits per heavy atom. The monoisotopic (exact) mass is 562 g/mol. The number of likely N-dealkylation sites (N-methyl/N-ethyl adjacent to an activating group) is 1. The molecule has 3 aromatic heterocycles. The van der Waals surface area contributed by atoms with Crippen molar-refractivity contribution in [2.75, 3.05) is 51.3 Å². The van der Waals surface area contributed by atoms with Gasteiger partial charge in [-0.05, 0) is 14.0 Å². The Balaban J connectivity index is 0.000000223. The molecule has 0 spiro atoms. The number of nitrogens with zero attached hydrogens (tertiary/aromatic N) is 7. The van der Waals surface area contributed by atoms with Gasteiger partial charge in [0.2, 0.25) is 5.95 Å². The summed E-state index contributed by atoms with van der Waals surface area (Å²) in [5.41, 5.74) is -2.24. The zero-order chi connectivity index (χ0) is 28.6. The normalized spacial score (nSPS) is 15.2. The molecule has 39 heavy (non-hydrogen) atoms. The number of carbonyl (C=O) groups is 1. The van der Waals surface area contributed by atoms with Crippen LogP contribution in [0.3, 0.4) is 0 Å². The standard InChI is InChI=1S/C12H13F3N4O3.C10H14F2N4O/c1-7(6-22-4-2-3-20)19-8-5-16-17-11(21)9(8)10(18-19)12(13,14)15;1-15-2-4-16(5-3-15)10-13-6-8(7-14-10)17-9(11)12/h3,5,7H,2,4,6H2,1H3,(H,17,21);6-7,9H,2-5H2,1H3. The molecule has 1 unspecified atom stereocenters. The number of carbonyl (C=O) groups excluding carboxylic acids is 1. The van der Waals surface area contributed by atoms with Crippen LogP contribution in [0.15, 0.2) is 23.4 Å². The molecule has 4 heterocycles. The van der Waals surface area contributed by atoms with Crippen LogP contribution >= 0.6 is 0 Å². The van der Waals surface area contributed by atoms with E-state index in [0.717, 1.165) is 37.1 Å². The maximum Gasteiger partial charge on any atom is 0.435 e. The van der Waals surface area contributed by atoms with E-state index in [4.69, 9.17) is 4.74 Å². The largest absolute Gasteiger partial charge is 0.435 e. The average Bonchev–Trinajstić information content (AvgIpc) is 3.30. The van der Waals surface area contributed by atoms with Gasteiger partial charge in [-0.2, -0.15) is 32.1 Å². The van der Waals surface area contributed by atoms with Gasteiger partial charge in [0.05, 0.1) is 43.4 Å². The molecule has 0 aromatic carbocycles. The third-order valence-electron chi connectivity index (χ3n) is 5.58. The Hall–Kier alpha value is -3.73. The van der Waals surface area contributed by atoms with Crippen molar-refractivity contribution in [2.24, 2.45) is 0 Å². The van der Waals surface area contributed by atoms with Crippen LogP contribution in [0.1, 0.15) is 25.1 Å². The quantitative estimate of drug-likeness (QED) is 0.235. The number of piperazine rings is 1. The lowest BCUT2D eigenvalue weighted by atomic mass is 10.2. The maximum atomic E-state index is 13.0. The third-order valence-corrected chi connectivity index (χ3v) is 5.58. The lowest BCUT2D eigenvalue weighted by molar-refractivity contribution is -0.140. The minimum Gasteiger partial charge on any atom is -0.432 e. The van der Waals surface area contributed by atoms with Crippen molar-refractivity contribution in [3.05, 3.63) is 34.6 Å². The summed E-state index contributed by atoms with van der Waals surface area (Å²) in [6.07, 6.45) is -0.225. The van der Waals surface area contributed by atoms with Crippen LogP contribution in [0.5, 0.6) is 5.75 Å². The Labute approximate surface area is 218 Å². The third kappa shape index (κ3) is 8.13. The summed E-state index contributed by atoms with van der Waals surface area (Å²) in [6, 6.07) is -0.561. The molecule has 0 radical (unpaired) electrons. The topological polar surface area (TPSA) is 131 Å². The number of aromatic nitrogens is 6. The summed E-state index contributed by atoms with van der Waals surface area (Å²) in [4.78, 5) is 34.1. The first-order valence-electron chi connectivity index (χ1n) is 11.8. The molecule has 1 aliphatic rings. The van der Waals surface area contributed by atoms with Gasteiger partial charge in [-0.25, -0.2) is 15.1 Å². The number of anilines is 1. The Morgan fingerprint density at radius 1 is 1.13 bits per heavy atom.